The fourth-order valence-corrected chi connectivity index (χ4v) is 3.05. The van der Waals surface area contributed by atoms with Crippen molar-refractivity contribution in [3.8, 4) is 11.3 Å². The van der Waals surface area contributed by atoms with Crippen molar-refractivity contribution in [2.45, 2.75) is 13.3 Å². The van der Waals surface area contributed by atoms with Gasteiger partial charge < -0.3 is 0 Å². The number of nitrogens with one attached hydrogen (secondary N) is 2. The number of aryl methyl sites for hydroxylation is 1. The van der Waals surface area contributed by atoms with Crippen LogP contribution in [0.25, 0.3) is 11.3 Å². The van der Waals surface area contributed by atoms with E-state index in [1.165, 1.54) is 23.5 Å². The fraction of sp³-hybridized carbons (Fsp3) is 0.105. The van der Waals surface area contributed by atoms with Crippen LogP contribution >= 0.6 is 11.3 Å². The molecule has 0 spiro atoms. The normalized spacial score (nSPS) is 10.4. The predicted molar refractivity (Wildman–Crippen MR) is 98.0 cm³/mol. The number of halogens is 1. The Morgan fingerprint density at radius 2 is 1.88 bits per heavy atom. The average molecular weight is 369 g/mol. The molecule has 2 aromatic carbocycles. The molecule has 0 saturated carbocycles. The zero-order valence-electron chi connectivity index (χ0n) is 14.0. The fourth-order valence-electron chi connectivity index (χ4n) is 2.25. The lowest BCUT2D eigenvalue weighted by atomic mass is 10.1. The van der Waals surface area contributed by atoms with E-state index in [9.17, 15) is 14.0 Å². The predicted octanol–water partition coefficient (Wildman–Crippen LogP) is 3.26. The molecule has 0 fully saturated rings. The van der Waals surface area contributed by atoms with Gasteiger partial charge in [0.25, 0.3) is 5.91 Å². The molecule has 0 atom stereocenters. The molecule has 0 bridgehead atoms. The van der Waals surface area contributed by atoms with Crippen molar-refractivity contribution in [3.63, 3.8) is 0 Å². The lowest BCUT2D eigenvalue weighted by Gasteiger charge is -2.07. The third kappa shape index (κ3) is 4.31. The number of hydrazine groups is 1. The maximum atomic E-state index is 13.5. The first kappa shape index (κ1) is 17.8. The van der Waals surface area contributed by atoms with E-state index < -0.39 is 17.6 Å². The zero-order valence-corrected chi connectivity index (χ0v) is 14.8. The second-order valence-electron chi connectivity index (χ2n) is 5.64. The van der Waals surface area contributed by atoms with Crippen LogP contribution in [0, 0.1) is 12.7 Å². The van der Waals surface area contributed by atoms with Gasteiger partial charge in [-0.05, 0) is 24.6 Å². The lowest BCUT2D eigenvalue weighted by Crippen LogP contribution is -2.42. The largest absolute Gasteiger partial charge is 0.273 e. The molecule has 0 unspecified atom stereocenters. The summed E-state index contributed by atoms with van der Waals surface area (Å²) in [4.78, 5) is 28.4. The van der Waals surface area contributed by atoms with Gasteiger partial charge in [-0.25, -0.2) is 9.37 Å². The highest BCUT2D eigenvalue weighted by Crippen LogP contribution is 2.21. The summed E-state index contributed by atoms with van der Waals surface area (Å²) in [7, 11) is 0. The Hall–Kier alpha value is -3.06. The third-order valence-electron chi connectivity index (χ3n) is 3.68. The van der Waals surface area contributed by atoms with E-state index >= 15 is 0 Å². The number of nitrogens with zero attached hydrogens (tertiary/aromatic N) is 1. The molecule has 0 aliphatic heterocycles. The number of amides is 2. The lowest BCUT2D eigenvalue weighted by molar-refractivity contribution is -0.121. The van der Waals surface area contributed by atoms with Crippen LogP contribution in [0.4, 0.5) is 4.39 Å². The van der Waals surface area contributed by atoms with Crippen LogP contribution < -0.4 is 10.9 Å². The van der Waals surface area contributed by atoms with E-state index in [-0.39, 0.29) is 12.0 Å². The van der Waals surface area contributed by atoms with Crippen molar-refractivity contribution in [1.29, 1.82) is 0 Å². The minimum atomic E-state index is -0.582. The van der Waals surface area contributed by atoms with Crippen LogP contribution in [0.2, 0.25) is 0 Å². The molecular formula is C19H16FN3O2S. The first-order valence-corrected chi connectivity index (χ1v) is 8.76. The van der Waals surface area contributed by atoms with Gasteiger partial charge >= 0.3 is 0 Å². The Bertz CT molecular complexity index is 941. The molecule has 0 aliphatic carbocycles. The molecule has 1 aromatic heterocycles. The summed E-state index contributed by atoms with van der Waals surface area (Å²) in [5.74, 6) is -1.46. The Labute approximate surface area is 153 Å². The van der Waals surface area contributed by atoms with Gasteiger partial charge in [-0.15, -0.1) is 11.3 Å². The highest BCUT2D eigenvalue weighted by atomic mass is 32.1. The topological polar surface area (TPSA) is 71.1 Å². The van der Waals surface area contributed by atoms with Crippen LogP contribution in [0.5, 0.6) is 0 Å². The molecule has 0 aliphatic rings. The third-order valence-corrected chi connectivity index (χ3v) is 4.53. The first-order valence-electron chi connectivity index (χ1n) is 7.88. The molecule has 26 heavy (non-hydrogen) atoms. The molecule has 2 amide bonds. The van der Waals surface area contributed by atoms with Gasteiger partial charge in [0.05, 0.1) is 12.1 Å². The maximum Gasteiger partial charge on any atom is 0.269 e. The Balaban J connectivity index is 1.55. The van der Waals surface area contributed by atoms with Crippen LogP contribution in [-0.2, 0) is 11.2 Å². The molecule has 3 rings (SSSR count). The zero-order chi connectivity index (χ0) is 18.5. The minimum Gasteiger partial charge on any atom is -0.273 e. The van der Waals surface area contributed by atoms with Gasteiger partial charge in [0, 0.05) is 16.5 Å². The molecular weight excluding hydrogens is 353 g/mol. The number of benzene rings is 2. The second-order valence-corrected chi connectivity index (χ2v) is 6.58. The number of carbonyl (C=O) groups is 2. The van der Waals surface area contributed by atoms with Crippen molar-refractivity contribution >= 4 is 23.2 Å². The molecule has 132 valence electrons. The molecule has 0 radical (unpaired) electrons. The van der Waals surface area contributed by atoms with E-state index in [1.807, 2.05) is 35.7 Å². The number of thiazole rings is 1. The van der Waals surface area contributed by atoms with Gasteiger partial charge in [-0.3, -0.25) is 20.4 Å². The number of hydrogen-bond donors (Lipinski definition) is 2. The van der Waals surface area contributed by atoms with Crippen molar-refractivity contribution in [2.75, 3.05) is 0 Å². The van der Waals surface area contributed by atoms with Gasteiger partial charge in [0.15, 0.2) is 0 Å². The summed E-state index contributed by atoms with van der Waals surface area (Å²) in [6, 6.07) is 13.8. The van der Waals surface area contributed by atoms with E-state index in [2.05, 4.69) is 15.8 Å². The van der Waals surface area contributed by atoms with E-state index in [1.54, 1.807) is 6.92 Å². The molecule has 5 nitrogen and oxygen atoms in total. The summed E-state index contributed by atoms with van der Waals surface area (Å²) in [6.45, 7) is 1.61. The summed E-state index contributed by atoms with van der Waals surface area (Å²) in [6.07, 6.45) is 0.0417. The van der Waals surface area contributed by atoms with Crippen molar-refractivity contribution in [1.82, 2.24) is 15.8 Å². The Kier molecular flexibility index (Phi) is 5.38. The van der Waals surface area contributed by atoms with Gasteiger partial charge in [0.2, 0.25) is 5.91 Å². The number of rotatable bonds is 4. The monoisotopic (exact) mass is 369 g/mol. The first-order chi connectivity index (χ1) is 12.5. The molecule has 2 N–H and O–H groups in total. The highest BCUT2D eigenvalue weighted by Gasteiger charge is 2.12. The molecule has 1 heterocycles. The quantitative estimate of drug-likeness (QED) is 0.694. The van der Waals surface area contributed by atoms with Gasteiger partial charge in [0.1, 0.15) is 10.8 Å². The van der Waals surface area contributed by atoms with Crippen molar-refractivity contribution < 1.29 is 14.0 Å². The SMILES string of the molecule is Cc1ccc(C(=O)NNC(=O)Cc2nc(-c3ccccc3)cs2)cc1F. The second kappa shape index (κ2) is 7.88. The summed E-state index contributed by atoms with van der Waals surface area (Å²) < 4.78 is 13.5. The molecule has 0 saturated heterocycles. The summed E-state index contributed by atoms with van der Waals surface area (Å²) >= 11 is 1.37. The van der Waals surface area contributed by atoms with Crippen LogP contribution in [0.1, 0.15) is 20.9 Å². The van der Waals surface area contributed by atoms with Crippen molar-refractivity contribution in [3.05, 3.63) is 75.9 Å². The number of aromatic nitrogens is 1. The summed E-state index contributed by atoms with van der Waals surface area (Å²) in [5, 5.41) is 2.52. The minimum absolute atomic E-state index is 0.0417. The summed E-state index contributed by atoms with van der Waals surface area (Å²) in [5.41, 5.74) is 6.96. The van der Waals surface area contributed by atoms with Gasteiger partial charge in [-0.2, -0.15) is 0 Å². The van der Waals surface area contributed by atoms with E-state index in [0.717, 1.165) is 17.3 Å². The molecule has 7 heteroatoms. The van der Waals surface area contributed by atoms with Crippen LogP contribution in [-0.4, -0.2) is 16.8 Å². The number of carbonyl (C=O) groups excluding carboxylic acids is 2. The Morgan fingerprint density at radius 3 is 2.62 bits per heavy atom. The van der Waals surface area contributed by atoms with E-state index in [0.29, 0.717) is 10.6 Å². The number of hydrogen-bond acceptors (Lipinski definition) is 4. The van der Waals surface area contributed by atoms with Crippen molar-refractivity contribution in [2.24, 2.45) is 0 Å². The standard InChI is InChI=1S/C19H16FN3O2S/c1-12-7-8-14(9-15(12)20)19(25)23-22-17(24)10-18-21-16(11-26-18)13-5-3-2-4-6-13/h2-9,11H,10H2,1H3,(H,22,24)(H,23,25). The van der Waals surface area contributed by atoms with Crippen LogP contribution in [0.3, 0.4) is 0 Å². The average Bonchev–Trinajstić information content (AvgIpc) is 3.11. The highest BCUT2D eigenvalue weighted by molar-refractivity contribution is 7.10. The van der Waals surface area contributed by atoms with Gasteiger partial charge in [-0.1, -0.05) is 36.4 Å². The smallest absolute Gasteiger partial charge is 0.269 e. The Morgan fingerprint density at radius 1 is 1.12 bits per heavy atom. The van der Waals surface area contributed by atoms with Crippen LogP contribution in [0.15, 0.2) is 53.9 Å². The molecule has 3 aromatic rings. The maximum absolute atomic E-state index is 13.5. The van der Waals surface area contributed by atoms with E-state index in [4.69, 9.17) is 0 Å².